The first-order valence-corrected chi connectivity index (χ1v) is 9.16. The van der Waals surface area contributed by atoms with E-state index >= 15 is 0 Å². The fraction of sp³-hybridized carbons (Fsp3) is 0.700. The van der Waals surface area contributed by atoms with Crippen molar-refractivity contribution in [2.24, 2.45) is 5.92 Å². The van der Waals surface area contributed by atoms with Gasteiger partial charge in [0, 0.05) is 6.54 Å². The molecule has 0 aromatic heterocycles. The summed E-state index contributed by atoms with van der Waals surface area (Å²) in [4.78, 5) is 2.16. The molecule has 24 heavy (non-hydrogen) atoms. The van der Waals surface area contributed by atoms with Crippen LogP contribution in [0.15, 0.2) is 24.3 Å². The lowest BCUT2D eigenvalue weighted by atomic mass is 9.71. The van der Waals surface area contributed by atoms with E-state index in [0.29, 0.717) is 5.92 Å². The predicted octanol–water partition coefficient (Wildman–Crippen LogP) is 4.62. The van der Waals surface area contributed by atoms with Crippen LogP contribution in [0, 0.1) is 5.92 Å². The molecule has 0 heterocycles. The van der Waals surface area contributed by atoms with Gasteiger partial charge in [0.1, 0.15) is 5.75 Å². The van der Waals surface area contributed by atoms with Crippen molar-refractivity contribution < 1.29 is 9.84 Å². The Hall–Kier alpha value is -0.770. The first kappa shape index (κ1) is 21.3. The molecule has 3 nitrogen and oxygen atoms in total. The minimum absolute atomic E-state index is 0. The molecule has 1 aliphatic carbocycles. The molecule has 0 spiro atoms. The van der Waals surface area contributed by atoms with Crippen LogP contribution in [0.2, 0.25) is 0 Å². The zero-order valence-corrected chi connectivity index (χ0v) is 16.3. The minimum Gasteiger partial charge on any atom is -0.494 e. The van der Waals surface area contributed by atoms with Gasteiger partial charge in [-0.2, -0.15) is 0 Å². The zero-order chi connectivity index (χ0) is 16.7. The Bertz CT molecular complexity index is 457. The Morgan fingerprint density at radius 1 is 1.12 bits per heavy atom. The van der Waals surface area contributed by atoms with Gasteiger partial charge < -0.3 is 14.7 Å². The van der Waals surface area contributed by atoms with Gasteiger partial charge in [0.2, 0.25) is 0 Å². The Kier molecular flexibility index (Phi) is 9.11. The van der Waals surface area contributed by atoms with Crippen molar-refractivity contribution in [3.05, 3.63) is 29.8 Å². The van der Waals surface area contributed by atoms with E-state index in [0.717, 1.165) is 50.1 Å². The SMILES string of the molecule is CCCOc1ccc(C(O)(CCN(C)C)C2CCCCC2)cc1.Cl. The van der Waals surface area contributed by atoms with Gasteiger partial charge in [-0.3, -0.25) is 0 Å². The van der Waals surface area contributed by atoms with E-state index in [1.807, 2.05) is 12.1 Å². The average molecular weight is 356 g/mol. The third-order valence-corrected chi connectivity index (χ3v) is 5.05. The van der Waals surface area contributed by atoms with Crippen molar-refractivity contribution in [2.45, 2.75) is 57.5 Å². The summed E-state index contributed by atoms with van der Waals surface area (Å²) in [6, 6.07) is 8.15. The molecular weight excluding hydrogens is 322 g/mol. The van der Waals surface area contributed by atoms with Gasteiger partial charge in [0.05, 0.1) is 12.2 Å². The minimum atomic E-state index is -0.714. The smallest absolute Gasteiger partial charge is 0.119 e. The Morgan fingerprint density at radius 3 is 2.29 bits per heavy atom. The summed E-state index contributed by atoms with van der Waals surface area (Å²) >= 11 is 0. The summed E-state index contributed by atoms with van der Waals surface area (Å²) in [6.07, 6.45) is 7.87. The third kappa shape index (κ3) is 5.65. The molecule has 0 radical (unpaired) electrons. The lowest BCUT2D eigenvalue weighted by molar-refractivity contribution is -0.0500. The molecule has 1 N–H and O–H groups in total. The number of benzene rings is 1. The third-order valence-electron chi connectivity index (χ3n) is 5.05. The molecule has 1 fully saturated rings. The molecule has 1 atom stereocenters. The van der Waals surface area contributed by atoms with E-state index in [-0.39, 0.29) is 12.4 Å². The lowest BCUT2D eigenvalue weighted by Crippen LogP contribution is -2.39. The van der Waals surface area contributed by atoms with E-state index in [1.54, 1.807) is 0 Å². The summed E-state index contributed by atoms with van der Waals surface area (Å²) in [5.41, 5.74) is 0.337. The molecule has 0 amide bonds. The molecule has 1 aromatic carbocycles. The van der Waals surface area contributed by atoms with Crippen LogP contribution in [0.4, 0.5) is 0 Å². The van der Waals surface area contributed by atoms with Crippen LogP contribution in [0.5, 0.6) is 5.75 Å². The highest BCUT2D eigenvalue weighted by atomic mass is 35.5. The molecule has 0 aliphatic heterocycles. The van der Waals surface area contributed by atoms with Crippen LogP contribution in [-0.4, -0.2) is 37.3 Å². The van der Waals surface area contributed by atoms with Crippen LogP contribution in [0.3, 0.4) is 0 Å². The molecule has 2 rings (SSSR count). The van der Waals surface area contributed by atoms with E-state index in [1.165, 1.54) is 19.3 Å². The molecule has 4 heteroatoms. The van der Waals surface area contributed by atoms with Crippen molar-refractivity contribution in [3.63, 3.8) is 0 Å². The van der Waals surface area contributed by atoms with E-state index in [9.17, 15) is 5.11 Å². The van der Waals surface area contributed by atoms with Gasteiger partial charge in [0.25, 0.3) is 0 Å². The Balaban J connectivity index is 0.00000288. The molecule has 0 saturated heterocycles. The van der Waals surface area contributed by atoms with Gasteiger partial charge in [0.15, 0.2) is 0 Å². The molecule has 138 valence electrons. The quantitative estimate of drug-likeness (QED) is 0.738. The van der Waals surface area contributed by atoms with Crippen molar-refractivity contribution in [1.29, 1.82) is 0 Å². The largest absolute Gasteiger partial charge is 0.494 e. The van der Waals surface area contributed by atoms with Crippen molar-refractivity contribution in [3.8, 4) is 5.75 Å². The van der Waals surface area contributed by atoms with Crippen molar-refractivity contribution >= 4 is 12.4 Å². The topological polar surface area (TPSA) is 32.7 Å². The highest BCUT2D eigenvalue weighted by molar-refractivity contribution is 5.85. The summed E-state index contributed by atoms with van der Waals surface area (Å²) < 4.78 is 5.68. The fourth-order valence-electron chi connectivity index (χ4n) is 3.62. The second-order valence-corrected chi connectivity index (χ2v) is 7.19. The Labute approximate surface area is 153 Å². The van der Waals surface area contributed by atoms with E-state index in [4.69, 9.17) is 4.74 Å². The van der Waals surface area contributed by atoms with E-state index in [2.05, 4.69) is 38.1 Å². The molecule has 1 unspecified atom stereocenters. The normalized spacial score (nSPS) is 18.0. The second kappa shape index (κ2) is 10.3. The maximum absolute atomic E-state index is 11.6. The number of nitrogens with zero attached hydrogens (tertiary/aromatic N) is 1. The fourth-order valence-corrected chi connectivity index (χ4v) is 3.62. The number of ether oxygens (including phenoxy) is 1. The first-order valence-electron chi connectivity index (χ1n) is 9.16. The van der Waals surface area contributed by atoms with Gasteiger partial charge in [-0.15, -0.1) is 12.4 Å². The molecular formula is C20H34ClNO2. The van der Waals surface area contributed by atoms with E-state index < -0.39 is 5.60 Å². The van der Waals surface area contributed by atoms with Crippen LogP contribution in [0.25, 0.3) is 0 Å². The lowest BCUT2D eigenvalue weighted by Gasteiger charge is -2.40. The average Bonchev–Trinajstić information content (AvgIpc) is 2.59. The van der Waals surface area contributed by atoms with Crippen molar-refractivity contribution in [2.75, 3.05) is 27.2 Å². The maximum Gasteiger partial charge on any atom is 0.119 e. The predicted molar refractivity (Wildman–Crippen MR) is 103 cm³/mol. The van der Waals surface area contributed by atoms with Gasteiger partial charge >= 0.3 is 0 Å². The van der Waals surface area contributed by atoms with Crippen molar-refractivity contribution in [1.82, 2.24) is 4.90 Å². The summed E-state index contributed by atoms with van der Waals surface area (Å²) in [5, 5.41) is 11.6. The number of hydrogen-bond donors (Lipinski definition) is 1. The number of aliphatic hydroxyl groups is 1. The summed E-state index contributed by atoms with van der Waals surface area (Å²) in [5.74, 6) is 1.27. The van der Waals surface area contributed by atoms with Crippen LogP contribution in [0.1, 0.15) is 57.4 Å². The van der Waals surface area contributed by atoms with Gasteiger partial charge in [-0.05, 0) is 63.4 Å². The summed E-state index contributed by atoms with van der Waals surface area (Å²) in [7, 11) is 4.14. The van der Waals surface area contributed by atoms with Gasteiger partial charge in [-0.1, -0.05) is 38.3 Å². The standard InChI is InChI=1S/C20H33NO2.ClH/c1-4-16-23-19-12-10-18(11-13-19)20(22,14-15-21(2)3)17-8-6-5-7-9-17;/h10-13,17,22H,4-9,14-16H2,1-3H3;1H. The highest BCUT2D eigenvalue weighted by Crippen LogP contribution is 2.42. The number of rotatable bonds is 8. The molecule has 1 aromatic rings. The second-order valence-electron chi connectivity index (χ2n) is 7.19. The molecule has 0 bridgehead atoms. The summed E-state index contributed by atoms with van der Waals surface area (Å²) in [6.45, 7) is 3.76. The molecule has 1 aliphatic rings. The highest BCUT2D eigenvalue weighted by Gasteiger charge is 2.38. The van der Waals surface area contributed by atoms with Gasteiger partial charge in [-0.25, -0.2) is 0 Å². The molecule has 1 saturated carbocycles. The number of hydrogen-bond acceptors (Lipinski definition) is 3. The number of halogens is 1. The zero-order valence-electron chi connectivity index (χ0n) is 15.5. The van der Waals surface area contributed by atoms with Crippen LogP contribution >= 0.6 is 12.4 Å². The van der Waals surface area contributed by atoms with Crippen LogP contribution < -0.4 is 4.74 Å². The Morgan fingerprint density at radius 2 is 1.75 bits per heavy atom. The first-order chi connectivity index (χ1) is 11.1. The maximum atomic E-state index is 11.6. The monoisotopic (exact) mass is 355 g/mol. The van der Waals surface area contributed by atoms with Crippen LogP contribution in [-0.2, 0) is 5.60 Å².